The molecule has 0 aromatic heterocycles. The summed E-state index contributed by atoms with van der Waals surface area (Å²) in [5.74, 6) is 1.44. The maximum atomic E-state index is 8.80. The summed E-state index contributed by atoms with van der Waals surface area (Å²) < 4.78 is 0. The molecule has 0 aliphatic heterocycles. The molecule has 0 heterocycles. The van der Waals surface area contributed by atoms with Crippen molar-refractivity contribution in [2.24, 2.45) is 17.3 Å². The van der Waals surface area contributed by atoms with E-state index in [1.165, 1.54) is 12.0 Å². The molecule has 3 rings (SSSR count). The molecule has 13 heavy (non-hydrogen) atoms. The first-order valence-electron chi connectivity index (χ1n) is 4.86. The van der Waals surface area contributed by atoms with Crippen LogP contribution in [-0.4, -0.2) is 0 Å². The second-order valence-electron chi connectivity index (χ2n) is 4.79. The number of nitrogens with zero attached hydrogens (tertiary/aromatic N) is 1. The van der Waals surface area contributed by atoms with Gasteiger partial charge in [-0.25, -0.2) is 0 Å². The lowest BCUT2D eigenvalue weighted by atomic mass is 9.48. The highest BCUT2D eigenvalue weighted by Crippen LogP contribution is 2.60. The lowest BCUT2D eigenvalue weighted by Crippen LogP contribution is -2.48. The molecule has 0 spiro atoms. The first-order chi connectivity index (χ1) is 6.07. The van der Waals surface area contributed by atoms with E-state index in [9.17, 15) is 0 Å². The van der Waals surface area contributed by atoms with Gasteiger partial charge in [-0.2, -0.15) is 5.26 Å². The van der Waals surface area contributed by atoms with Crippen molar-refractivity contribution in [2.45, 2.75) is 26.7 Å². The van der Waals surface area contributed by atoms with Crippen LogP contribution in [0.15, 0.2) is 23.8 Å². The van der Waals surface area contributed by atoms with E-state index in [2.05, 4.69) is 32.6 Å². The predicted molar refractivity (Wildman–Crippen MR) is 52.8 cm³/mol. The fourth-order valence-corrected chi connectivity index (χ4v) is 2.75. The van der Waals surface area contributed by atoms with E-state index in [1.807, 2.05) is 0 Å². The minimum atomic E-state index is 0.407. The van der Waals surface area contributed by atoms with E-state index in [4.69, 9.17) is 5.26 Å². The van der Waals surface area contributed by atoms with Crippen LogP contribution in [0.2, 0.25) is 0 Å². The van der Waals surface area contributed by atoms with Crippen LogP contribution in [-0.2, 0) is 0 Å². The highest BCUT2D eigenvalue weighted by molar-refractivity contribution is 5.45. The molecule has 0 unspecified atom stereocenters. The summed E-state index contributed by atoms with van der Waals surface area (Å²) in [5.41, 5.74) is 2.30. The van der Waals surface area contributed by atoms with Crippen LogP contribution in [0.4, 0.5) is 0 Å². The second-order valence-corrected chi connectivity index (χ2v) is 4.79. The molecule has 68 valence electrons. The van der Waals surface area contributed by atoms with Crippen molar-refractivity contribution in [3.05, 3.63) is 23.8 Å². The first-order valence-corrected chi connectivity index (χ1v) is 4.86. The summed E-state index contributed by atoms with van der Waals surface area (Å²) in [6.45, 7) is 8.43. The number of hydrogen-bond donors (Lipinski definition) is 0. The molecule has 0 aromatic rings. The zero-order chi connectivity index (χ0) is 9.64. The monoisotopic (exact) mass is 173 g/mol. The van der Waals surface area contributed by atoms with Gasteiger partial charge in [0.2, 0.25) is 0 Å². The summed E-state index contributed by atoms with van der Waals surface area (Å²) in [4.78, 5) is 0. The van der Waals surface area contributed by atoms with Gasteiger partial charge in [-0.1, -0.05) is 26.5 Å². The van der Waals surface area contributed by atoms with E-state index in [0.29, 0.717) is 16.9 Å². The molecule has 1 saturated carbocycles. The Balaban J connectivity index is 2.30. The van der Waals surface area contributed by atoms with E-state index >= 15 is 0 Å². The third kappa shape index (κ3) is 0.983. The summed E-state index contributed by atoms with van der Waals surface area (Å²) in [5, 5.41) is 8.80. The molecule has 1 fully saturated rings. The Kier molecular flexibility index (Phi) is 1.63. The Labute approximate surface area is 79.8 Å². The van der Waals surface area contributed by atoms with Gasteiger partial charge in [0.15, 0.2) is 0 Å². The molecule has 0 saturated heterocycles. The van der Waals surface area contributed by atoms with Crippen LogP contribution >= 0.6 is 0 Å². The molecular formula is C12H15N. The van der Waals surface area contributed by atoms with Crippen molar-refractivity contribution >= 4 is 0 Å². The summed E-state index contributed by atoms with van der Waals surface area (Å²) in [6.07, 6.45) is 4.62. The zero-order valence-electron chi connectivity index (χ0n) is 8.30. The summed E-state index contributed by atoms with van der Waals surface area (Å²) in [6, 6.07) is 2.16. The van der Waals surface area contributed by atoms with Crippen molar-refractivity contribution in [1.29, 1.82) is 5.26 Å². The fourth-order valence-electron chi connectivity index (χ4n) is 2.75. The minimum absolute atomic E-state index is 0.407. The van der Waals surface area contributed by atoms with Gasteiger partial charge in [0.25, 0.3) is 0 Å². The maximum Gasteiger partial charge on any atom is 0.0988 e. The van der Waals surface area contributed by atoms with Crippen molar-refractivity contribution < 1.29 is 0 Å². The molecule has 3 aliphatic carbocycles. The largest absolute Gasteiger partial charge is 0.192 e. The maximum absolute atomic E-state index is 8.80. The molecule has 0 aromatic carbocycles. The Morgan fingerprint density at radius 3 is 2.85 bits per heavy atom. The van der Waals surface area contributed by atoms with E-state index in [-0.39, 0.29) is 0 Å². The standard InChI is InChI=1S/C12H15N/c1-8(7-13)10-5-4-9-6-11(10)12(9,2)3/h5,9,11H,1,4,6H2,2-3H3/t9-,11-/m0/s1. The van der Waals surface area contributed by atoms with Gasteiger partial charge in [-0.15, -0.1) is 0 Å². The van der Waals surface area contributed by atoms with Gasteiger partial charge < -0.3 is 0 Å². The predicted octanol–water partition coefficient (Wildman–Crippen LogP) is 3.06. The van der Waals surface area contributed by atoms with Crippen molar-refractivity contribution in [3.63, 3.8) is 0 Å². The highest BCUT2D eigenvalue weighted by atomic mass is 14.6. The van der Waals surface area contributed by atoms with Crippen molar-refractivity contribution in [2.75, 3.05) is 0 Å². The SMILES string of the molecule is C=C(C#N)C1=CC[C@H]2C[C@@H]1C2(C)C. The molecule has 1 nitrogen and oxygen atoms in total. The zero-order valence-corrected chi connectivity index (χ0v) is 8.30. The topological polar surface area (TPSA) is 23.8 Å². The molecule has 0 amide bonds. The molecule has 3 aliphatic rings. The number of fused-ring (bicyclic) bond motifs is 1. The Morgan fingerprint density at radius 2 is 2.38 bits per heavy atom. The van der Waals surface area contributed by atoms with Crippen LogP contribution in [0, 0.1) is 28.6 Å². The third-order valence-corrected chi connectivity index (χ3v) is 3.95. The van der Waals surface area contributed by atoms with E-state index in [1.54, 1.807) is 0 Å². The van der Waals surface area contributed by atoms with Crippen LogP contribution in [0.3, 0.4) is 0 Å². The van der Waals surface area contributed by atoms with E-state index < -0.39 is 0 Å². The normalized spacial score (nSPS) is 34.1. The van der Waals surface area contributed by atoms with Crippen molar-refractivity contribution in [1.82, 2.24) is 0 Å². The highest BCUT2D eigenvalue weighted by Gasteiger charge is 2.51. The van der Waals surface area contributed by atoms with Crippen LogP contribution in [0.5, 0.6) is 0 Å². The molecule has 0 radical (unpaired) electrons. The molecule has 1 heteroatoms. The third-order valence-electron chi connectivity index (χ3n) is 3.95. The Morgan fingerprint density at radius 1 is 1.69 bits per heavy atom. The molecule has 2 atom stereocenters. The average Bonchev–Trinajstić information content (AvgIpc) is 2.16. The molecule has 0 N–H and O–H groups in total. The van der Waals surface area contributed by atoms with Crippen molar-refractivity contribution in [3.8, 4) is 6.07 Å². The fraction of sp³-hybridized carbons (Fsp3) is 0.583. The van der Waals surface area contributed by atoms with Gasteiger partial charge in [0.1, 0.15) is 0 Å². The smallest absolute Gasteiger partial charge is 0.0988 e. The van der Waals surface area contributed by atoms with E-state index in [0.717, 1.165) is 12.3 Å². The Bertz CT molecular complexity index is 328. The van der Waals surface area contributed by atoms with Crippen LogP contribution in [0.25, 0.3) is 0 Å². The quantitative estimate of drug-likeness (QED) is 0.559. The first kappa shape index (κ1) is 8.56. The van der Waals surface area contributed by atoms with Gasteiger partial charge in [-0.05, 0) is 35.7 Å². The number of nitriles is 1. The second kappa shape index (κ2) is 2.48. The number of rotatable bonds is 1. The molecular weight excluding hydrogens is 158 g/mol. The average molecular weight is 173 g/mol. The number of allylic oxidation sites excluding steroid dienone is 3. The molecule has 2 bridgehead atoms. The Hall–Kier alpha value is -1.03. The lowest BCUT2D eigenvalue weighted by Gasteiger charge is -2.56. The summed E-state index contributed by atoms with van der Waals surface area (Å²) in [7, 11) is 0. The van der Waals surface area contributed by atoms with Crippen LogP contribution < -0.4 is 0 Å². The van der Waals surface area contributed by atoms with Gasteiger partial charge in [-0.3, -0.25) is 0 Å². The summed E-state index contributed by atoms with van der Waals surface area (Å²) >= 11 is 0. The van der Waals surface area contributed by atoms with Crippen LogP contribution in [0.1, 0.15) is 26.7 Å². The van der Waals surface area contributed by atoms with Gasteiger partial charge in [0, 0.05) is 5.57 Å². The lowest BCUT2D eigenvalue weighted by molar-refractivity contribution is -0.00388. The van der Waals surface area contributed by atoms with Gasteiger partial charge >= 0.3 is 0 Å². The van der Waals surface area contributed by atoms with Gasteiger partial charge in [0.05, 0.1) is 6.07 Å². The number of hydrogen-bond acceptors (Lipinski definition) is 1. The minimum Gasteiger partial charge on any atom is -0.192 e.